The summed E-state index contributed by atoms with van der Waals surface area (Å²) in [4.78, 5) is 2.32. The number of aryl methyl sites for hydroxylation is 1. The van der Waals surface area contributed by atoms with Crippen molar-refractivity contribution in [3.63, 3.8) is 0 Å². The minimum atomic E-state index is 0.171. The van der Waals surface area contributed by atoms with Gasteiger partial charge in [-0.2, -0.15) is 5.10 Å². The lowest BCUT2D eigenvalue weighted by molar-refractivity contribution is 0.205. The Bertz CT molecular complexity index is 330. The Labute approximate surface area is 105 Å². The quantitative estimate of drug-likeness (QED) is 0.786. The van der Waals surface area contributed by atoms with Gasteiger partial charge in [-0.25, -0.2) is 0 Å². The van der Waals surface area contributed by atoms with Gasteiger partial charge in [-0.05, 0) is 31.5 Å². The summed E-state index contributed by atoms with van der Waals surface area (Å²) in [7, 11) is 2.14. The first-order valence-corrected chi connectivity index (χ1v) is 6.38. The monoisotopic (exact) mass is 238 g/mol. The van der Waals surface area contributed by atoms with E-state index in [1.807, 2.05) is 6.20 Å². The van der Waals surface area contributed by atoms with E-state index >= 15 is 0 Å². The van der Waals surface area contributed by atoms with Crippen LogP contribution in [0.15, 0.2) is 12.3 Å². The van der Waals surface area contributed by atoms with Crippen molar-refractivity contribution in [1.82, 2.24) is 14.7 Å². The maximum atomic E-state index is 5.76. The van der Waals surface area contributed by atoms with Crippen molar-refractivity contribution < 1.29 is 0 Å². The molecule has 0 amide bonds. The van der Waals surface area contributed by atoms with Gasteiger partial charge in [0.25, 0.3) is 0 Å². The third kappa shape index (κ3) is 4.48. The van der Waals surface area contributed by atoms with Crippen LogP contribution < -0.4 is 5.73 Å². The van der Waals surface area contributed by atoms with Crippen LogP contribution in [0.4, 0.5) is 0 Å². The van der Waals surface area contributed by atoms with E-state index < -0.39 is 0 Å². The standard InChI is InChI=1S/C13H26N4/c1-5-8-17-12(6-7-15-17)9-16(4)11-13(2,3)10-14/h6-7H,5,8-11,14H2,1-4H3. The highest BCUT2D eigenvalue weighted by atomic mass is 15.3. The third-order valence-corrected chi connectivity index (χ3v) is 2.92. The van der Waals surface area contributed by atoms with Crippen molar-refractivity contribution in [2.75, 3.05) is 20.1 Å². The number of hydrogen-bond acceptors (Lipinski definition) is 3. The molecule has 0 aliphatic carbocycles. The maximum Gasteiger partial charge on any atom is 0.0524 e. The van der Waals surface area contributed by atoms with Gasteiger partial charge < -0.3 is 5.73 Å². The van der Waals surface area contributed by atoms with Crippen molar-refractivity contribution in [3.05, 3.63) is 18.0 Å². The molecule has 1 aromatic heterocycles. The average molecular weight is 238 g/mol. The molecule has 2 N–H and O–H groups in total. The van der Waals surface area contributed by atoms with Crippen LogP contribution in [0.5, 0.6) is 0 Å². The second kappa shape index (κ2) is 6.17. The van der Waals surface area contributed by atoms with Crippen molar-refractivity contribution in [2.24, 2.45) is 11.1 Å². The summed E-state index contributed by atoms with van der Waals surface area (Å²) in [5.41, 5.74) is 7.21. The largest absolute Gasteiger partial charge is 0.330 e. The van der Waals surface area contributed by atoms with Crippen LogP contribution in [-0.2, 0) is 13.1 Å². The molecule has 0 aliphatic rings. The van der Waals surface area contributed by atoms with Gasteiger partial charge in [0.1, 0.15) is 0 Å². The lowest BCUT2D eigenvalue weighted by Gasteiger charge is -2.29. The molecule has 0 unspecified atom stereocenters. The zero-order valence-corrected chi connectivity index (χ0v) is 11.6. The molecule has 0 atom stereocenters. The summed E-state index contributed by atoms with van der Waals surface area (Å²) in [5, 5.41) is 4.34. The number of aromatic nitrogens is 2. The highest BCUT2D eigenvalue weighted by molar-refractivity contribution is 5.00. The third-order valence-electron chi connectivity index (χ3n) is 2.92. The van der Waals surface area contributed by atoms with Gasteiger partial charge in [0.05, 0.1) is 5.69 Å². The fraction of sp³-hybridized carbons (Fsp3) is 0.769. The van der Waals surface area contributed by atoms with Crippen molar-refractivity contribution in [2.45, 2.75) is 40.3 Å². The van der Waals surface area contributed by atoms with Crippen molar-refractivity contribution >= 4 is 0 Å². The topological polar surface area (TPSA) is 47.1 Å². The first-order chi connectivity index (χ1) is 7.98. The first kappa shape index (κ1) is 14.2. The van der Waals surface area contributed by atoms with Gasteiger partial charge in [-0.1, -0.05) is 20.8 Å². The van der Waals surface area contributed by atoms with E-state index in [-0.39, 0.29) is 5.41 Å². The highest BCUT2D eigenvalue weighted by Crippen LogP contribution is 2.15. The molecule has 0 spiro atoms. The molecule has 4 heteroatoms. The molecule has 0 aromatic carbocycles. The van der Waals surface area contributed by atoms with Gasteiger partial charge in [0.2, 0.25) is 0 Å². The summed E-state index contributed by atoms with van der Waals surface area (Å²) < 4.78 is 2.09. The van der Waals surface area contributed by atoms with Crippen molar-refractivity contribution in [1.29, 1.82) is 0 Å². The molecule has 1 heterocycles. The molecule has 17 heavy (non-hydrogen) atoms. The predicted octanol–water partition coefficient (Wildman–Crippen LogP) is 1.71. The minimum absolute atomic E-state index is 0.171. The molecule has 98 valence electrons. The maximum absolute atomic E-state index is 5.76. The molecule has 4 nitrogen and oxygen atoms in total. The smallest absolute Gasteiger partial charge is 0.0524 e. The van der Waals surface area contributed by atoms with Crippen LogP contribution in [-0.4, -0.2) is 34.8 Å². The van der Waals surface area contributed by atoms with Crippen LogP contribution >= 0.6 is 0 Å². The van der Waals surface area contributed by atoms with E-state index in [9.17, 15) is 0 Å². The Morgan fingerprint density at radius 3 is 2.76 bits per heavy atom. The minimum Gasteiger partial charge on any atom is -0.330 e. The number of nitrogens with two attached hydrogens (primary N) is 1. The van der Waals surface area contributed by atoms with E-state index in [2.05, 4.69) is 48.6 Å². The molecule has 0 aliphatic heterocycles. The average Bonchev–Trinajstić information content (AvgIpc) is 2.65. The van der Waals surface area contributed by atoms with Gasteiger partial charge in [0, 0.05) is 25.8 Å². The van der Waals surface area contributed by atoms with Gasteiger partial charge >= 0.3 is 0 Å². The summed E-state index contributed by atoms with van der Waals surface area (Å²) in [6, 6.07) is 2.10. The summed E-state index contributed by atoms with van der Waals surface area (Å²) in [6.07, 6.45) is 3.00. The Morgan fingerprint density at radius 2 is 2.18 bits per heavy atom. The number of hydrogen-bond donors (Lipinski definition) is 1. The van der Waals surface area contributed by atoms with Gasteiger partial charge in [0.15, 0.2) is 0 Å². The van der Waals surface area contributed by atoms with Gasteiger partial charge in [-0.15, -0.1) is 0 Å². The summed E-state index contributed by atoms with van der Waals surface area (Å²) >= 11 is 0. The second-order valence-corrected chi connectivity index (χ2v) is 5.59. The molecular weight excluding hydrogens is 212 g/mol. The summed E-state index contributed by atoms with van der Waals surface area (Å²) in [5.74, 6) is 0. The molecule has 0 bridgehead atoms. The van der Waals surface area contributed by atoms with E-state index in [4.69, 9.17) is 5.73 Å². The Balaban J connectivity index is 2.55. The van der Waals surface area contributed by atoms with Crippen LogP contribution in [0.2, 0.25) is 0 Å². The molecule has 0 radical (unpaired) electrons. The van der Waals surface area contributed by atoms with E-state index in [1.165, 1.54) is 5.69 Å². The Morgan fingerprint density at radius 1 is 1.47 bits per heavy atom. The lowest BCUT2D eigenvalue weighted by Crippen LogP contribution is -2.36. The fourth-order valence-corrected chi connectivity index (χ4v) is 2.04. The lowest BCUT2D eigenvalue weighted by atomic mass is 9.93. The summed E-state index contributed by atoms with van der Waals surface area (Å²) in [6.45, 7) is 10.2. The van der Waals surface area contributed by atoms with E-state index in [1.54, 1.807) is 0 Å². The molecule has 1 rings (SSSR count). The van der Waals surface area contributed by atoms with E-state index in [0.29, 0.717) is 6.54 Å². The molecule has 1 aromatic rings. The Hall–Kier alpha value is -0.870. The first-order valence-electron chi connectivity index (χ1n) is 6.38. The van der Waals surface area contributed by atoms with Crippen LogP contribution in [0.3, 0.4) is 0 Å². The van der Waals surface area contributed by atoms with E-state index in [0.717, 1.165) is 26.1 Å². The molecule has 0 fully saturated rings. The number of rotatable bonds is 7. The Kier molecular flexibility index (Phi) is 5.15. The molecule has 0 saturated heterocycles. The second-order valence-electron chi connectivity index (χ2n) is 5.59. The molecular formula is C13H26N4. The zero-order chi connectivity index (χ0) is 12.9. The highest BCUT2D eigenvalue weighted by Gasteiger charge is 2.18. The van der Waals surface area contributed by atoms with Crippen LogP contribution in [0, 0.1) is 5.41 Å². The van der Waals surface area contributed by atoms with Crippen LogP contribution in [0.25, 0.3) is 0 Å². The SMILES string of the molecule is CCCn1nccc1CN(C)CC(C)(C)CN. The predicted molar refractivity (Wildman–Crippen MR) is 71.7 cm³/mol. The molecule has 0 saturated carbocycles. The zero-order valence-electron chi connectivity index (χ0n) is 11.6. The van der Waals surface area contributed by atoms with Crippen LogP contribution in [0.1, 0.15) is 32.9 Å². The normalized spacial score (nSPS) is 12.4. The fourth-order valence-electron chi connectivity index (χ4n) is 2.04. The number of nitrogens with zero attached hydrogens (tertiary/aromatic N) is 3. The van der Waals surface area contributed by atoms with Gasteiger partial charge in [-0.3, -0.25) is 9.58 Å². The van der Waals surface area contributed by atoms with Crippen molar-refractivity contribution in [3.8, 4) is 0 Å².